The van der Waals surface area contributed by atoms with Gasteiger partial charge in [-0.2, -0.15) is 0 Å². The molecule has 2 atom stereocenters. The number of carbonyl (C=O) groups is 1. The number of pyridine rings is 1. The summed E-state index contributed by atoms with van der Waals surface area (Å²) in [4.78, 5) is 18.8. The Hall–Kier alpha value is -2.27. The smallest absolute Gasteiger partial charge is 0.261 e. The highest BCUT2D eigenvalue weighted by atomic mass is 35.5. The molecule has 2 fully saturated rings. The third-order valence-electron chi connectivity index (χ3n) is 5.09. The summed E-state index contributed by atoms with van der Waals surface area (Å²) in [6.45, 7) is 0.0583. The van der Waals surface area contributed by atoms with Crippen LogP contribution in [0.15, 0.2) is 48.8 Å². The van der Waals surface area contributed by atoms with Crippen LogP contribution in [0, 0.1) is 0 Å². The predicted octanol–water partition coefficient (Wildman–Crippen LogP) is 3.71. The quantitative estimate of drug-likeness (QED) is 0.802. The Bertz CT molecular complexity index is 739. The maximum absolute atomic E-state index is 12.7. The SMILES string of the molecule is O=C(COc1ccc(Cl)cc1)N1C2CCC1CC(Oc1cccnc1)C2. The van der Waals surface area contributed by atoms with E-state index < -0.39 is 0 Å². The van der Waals surface area contributed by atoms with Crippen molar-refractivity contribution < 1.29 is 14.3 Å². The Morgan fingerprint density at radius 1 is 1.12 bits per heavy atom. The predicted molar refractivity (Wildman–Crippen MR) is 98.5 cm³/mol. The molecule has 4 rings (SSSR count). The first-order valence-electron chi connectivity index (χ1n) is 8.95. The average molecular weight is 373 g/mol. The van der Waals surface area contributed by atoms with Gasteiger partial charge >= 0.3 is 0 Å². The summed E-state index contributed by atoms with van der Waals surface area (Å²) in [5.74, 6) is 1.50. The molecule has 2 unspecified atom stereocenters. The second kappa shape index (κ2) is 7.54. The number of amides is 1. The Kier molecular flexibility index (Phi) is 4.98. The molecule has 1 amide bonds. The molecule has 2 bridgehead atoms. The van der Waals surface area contributed by atoms with E-state index in [0.29, 0.717) is 10.8 Å². The molecule has 2 aromatic rings. The fourth-order valence-electron chi connectivity index (χ4n) is 3.99. The fourth-order valence-corrected chi connectivity index (χ4v) is 4.12. The van der Waals surface area contributed by atoms with Crippen molar-refractivity contribution in [3.63, 3.8) is 0 Å². The van der Waals surface area contributed by atoms with Crippen molar-refractivity contribution in [3.8, 4) is 11.5 Å². The van der Waals surface area contributed by atoms with E-state index in [1.165, 1.54) is 0 Å². The van der Waals surface area contributed by atoms with Crippen molar-refractivity contribution >= 4 is 17.5 Å². The van der Waals surface area contributed by atoms with Gasteiger partial charge in [0.05, 0.1) is 6.20 Å². The van der Waals surface area contributed by atoms with Gasteiger partial charge in [-0.25, -0.2) is 0 Å². The molecule has 3 heterocycles. The molecule has 0 spiro atoms. The van der Waals surface area contributed by atoms with Crippen LogP contribution in [0.4, 0.5) is 0 Å². The molecule has 2 aliphatic rings. The van der Waals surface area contributed by atoms with Crippen LogP contribution in [0.3, 0.4) is 0 Å². The van der Waals surface area contributed by atoms with E-state index in [1.807, 2.05) is 17.0 Å². The Balaban J connectivity index is 1.34. The molecule has 1 aromatic carbocycles. The lowest BCUT2D eigenvalue weighted by Crippen LogP contribution is -2.50. The summed E-state index contributed by atoms with van der Waals surface area (Å²) in [7, 11) is 0. The topological polar surface area (TPSA) is 51.7 Å². The van der Waals surface area contributed by atoms with Crippen molar-refractivity contribution in [2.75, 3.05) is 6.61 Å². The number of rotatable bonds is 5. The molecule has 0 aliphatic carbocycles. The molecule has 6 heteroatoms. The van der Waals surface area contributed by atoms with E-state index in [1.54, 1.807) is 36.7 Å². The zero-order valence-electron chi connectivity index (χ0n) is 14.4. The average Bonchev–Trinajstić information content (AvgIpc) is 2.93. The fraction of sp³-hybridized carbons (Fsp3) is 0.400. The van der Waals surface area contributed by atoms with E-state index in [2.05, 4.69) is 4.98 Å². The lowest BCUT2D eigenvalue weighted by atomic mass is 9.99. The molecule has 2 saturated heterocycles. The number of fused-ring (bicyclic) bond motifs is 2. The first kappa shape index (κ1) is 17.2. The zero-order chi connectivity index (χ0) is 17.9. The monoisotopic (exact) mass is 372 g/mol. The number of carbonyl (C=O) groups excluding carboxylic acids is 1. The van der Waals surface area contributed by atoms with Crippen LogP contribution in [0.25, 0.3) is 0 Å². The molecule has 2 aliphatic heterocycles. The van der Waals surface area contributed by atoms with E-state index in [0.717, 1.165) is 31.4 Å². The van der Waals surface area contributed by atoms with Crippen LogP contribution >= 0.6 is 11.6 Å². The minimum atomic E-state index is 0.0484. The summed E-state index contributed by atoms with van der Waals surface area (Å²) in [6.07, 6.45) is 7.39. The molecular weight excluding hydrogens is 352 g/mol. The molecule has 0 saturated carbocycles. The van der Waals surface area contributed by atoms with Crippen LogP contribution in [0.5, 0.6) is 11.5 Å². The van der Waals surface area contributed by atoms with Crippen molar-refractivity contribution in [2.45, 2.75) is 43.9 Å². The van der Waals surface area contributed by atoms with Crippen LogP contribution in [-0.2, 0) is 4.79 Å². The second-order valence-electron chi connectivity index (χ2n) is 6.83. The van der Waals surface area contributed by atoms with Crippen molar-refractivity contribution in [2.24, 2.45) is 0 Å². The van der Waals surface area contributed by atoms with E-state index in [-0.39, 0.29) is 30.7 Å². The van der Waals surface area contributed by atoms with Gasteiger partial charge in [-0.05, 0) is 49.2 Å². The summed E-state index contributed by atoms with van der Waals surface area (Å²) in [6, 6.07) is 11.3. The lowest BCUT2D eigenvalue weighted by molar-refractivity contribution is -0.139. The largest absolute Gasteiger partial charge is 0.489 e. The van der Waals surface area contributed by atoms with Gasteiger partial charge in [0.25, 0.3) is 5.91 Å². The van der Waals surface area contributed by atoms with Crippen LogP contribution in [-0.4, -0.2) is 40.6 Å². The summed E-state index contributed by atoms with van der Waals surface area (Å²) in [5, 5.41) is 0.650. The Labute approximate surface area is 157 Å². The molecular formula is C20H21ClN2O3. The highest BCUT2D eigenvalue weighted by Crippen LogP contribution is 2.37. The van der Waals surface area contributed by atoms with E-state index in [4.69, 9.17) is 21.1 Å². The first-order valence-corrected chi connectivity index (χ1v) is 9.33. The number of piperidine rings is 1. The van der Waals surface area contributed by atoms with Gasteiger partial charge in [-0.3, -0.25) is 9.78 Å². The number of benzene rings is 1. The van der Waals surface area contributed by atoms with Crippen LogP contribution in [0.2, 0.25) is 5.02 Å². The van der Waals surface area contributed by atoms with Gasteiger partial charge in [0.15, 0.2) is 6.61 Å². The van der Waals surface area contributed by atoms with Gasteiger partial charge in [-0.15, -0.1) is 0 Å². The number of hydrogen-bond donors (Lipinski definition) is 0. The van der Waals surface area contributed by atoms with Gasteiger partial charge in [-0.1, -0.05) is 11.6 Å². The standard InChI is InChI=1S/C20H21ClN2O3/c21-14-3-7-17(8-4-14)25-13-20(24)23-15-5-6-16(23)11-19(10-15)26-18-2-1-9-22-12-18/h1-4,7-9,12,15-16,19H,5-6,10-11,13H2. The number of nitrogens with zero attached hydrogens (tertiary/aromatic N) is 2. The second-order valence-corrected chi connectivity index (χ2v) is 7.27. The van der Waals surface area contributed by atoms with Gasteiger partial charge in [0, 0.05) is 36.1 Å². The molecule has 5 nitrogen and oxygen atoms in total. The van der Waals surface area contributed by atoms with Gasteiger partial charge in [0.1, 0.15) is 17.6 Å². The van der Waals surface area contributed by atoms with Crippen molar-refractivity contribution in [1.82, 2.24) is 9.88 Å². The lowest BCUT2D eigenvalue weighted by Gasteiger charge is -2.38. The minimum Gasteiger partial charge on any atom is -0.489 e. The third kappa shape index (κ3) is 3.78. The maximum Gasteiger partial charge on any atom is 0.261 e. The molecule has 1 aromatic heterocycles. The summed E-state index contributed by atoms with van der Waals surface area (Å²) < 4.78 is 11.7. The Morgan fingerprint density at radius 2 is 1.85 bits per heavy atom. The van der Waals surface area contributed by atoms with Crippen molar-refractivity contribution in [3.05, 3.63) is 53.8 Å². The normalized spacial score (nSPS) is 24.3. The molecule has 136 valence electrons. The highest BCUT2D eigenvalue weighted by Gasteiger charge is 2.44. The summed E-state index contributed by atoms with van der Waals surface area (Å²) >= 11 is 5.87. The number of hydrogen-bond acceptors (Lipinski definition) is 4. The van der Waals surface area contributed by atoms with Crippen molar-refractivity contribution in [1.29, 1.82) is 0 Å². The molecule has 26 heavy (non-hydrogen) atoms. The number of ether oxygens (including phenoxy) is 2. The van der Waals surface area contributed by atoms with E-state index in [9.17, 15) is 4.79 Å². The maximum atomic E-state index is 12.7. The third-order valence-corrected chi connectivity index (χ3v) is 5.34. The van der Waals surface area contributed by atoms with E-state index >= 15 is 0 Å². The highest BCUT2D eigenvalue weighted by molar-refractivity contribution is 6.30. The van der Waals surface area contributed by atoms with Crippen LogP contribution in [0.1, 0.15) is 25.7 Å². The number of aromatic nitrogens is 1. The van der Waals surface area contributed by atoms with Gasteiger partial charge in [0.2, 0.25) is 0 Å². The van der Waals surface area contributed by atoms with Gasteiger partial charge < -0.3 is 14.4 Å². The summed E-state index contributed by atoms with van der Waals surface area (Å²) in [5.41, 5.74) is 0. The zero-order valence-corrected chi connectivity index (χ0v) is 15.1. The first-order chi connectivity index (χ1) is 12.7. The molecule has 0 radical (unpaired) electrons. The van der Waals surface area contributed by atoms with Crippen LogP contribution < -0.4 is 9.47 Å². The minimum absolute atomic E-state index is 0.0484. The number of halogens is 1. The molecule has 0 N–H and O–H groups in total. The Morgan fingerprint density at radius 3 is 2.50 bits per heavy atom.